The summed E-state index contributed by atoms with van der Waals surface area (Å²) in [5.41, 5.74) is 1.23. The van der Waals surface area contributed by atoms with Crippen LogP contribution in [0.25, 0.3) is 0 Å². The monoisotopic (exact) mass is 222 g/mol. The molecule has 0 heterocycles. The Kier molecular flexibility index (Phi) is 4.23. The molecular weight excluding hydrogens is 207 g/mol. The molecule has 0 saturated heterocycles. The van der Waals surface area contributed by atoms with Crippen LogP contribution in [-0.4, -0.2) is 12.6 Å². The second-order valence-corrected chi connectivity index (χ2v) is 3.52. The number of halogens is 1. The normalized spacial score (nSPS) is 11.9. The van der Waals surface area contributed by atoms with Crippen LogP contribution in [0.3, 0.4) is 0 Å². The summed E-state index contributed by atoms with van der Waals surface area (Å²) < 4.78 is 17.6. The number of esters is 1. The molecule has 1 rings (SSSR count). The van der Waals surface area contributed by atoms with Crippen molar-refractivity contribution in [1.29, 1.82) is 0 Å². The van der Waals surface area contributed by atoms with Crippen molar-refractivity contribution in [2.24, 2.45) is 0 Å². The summed E-state index contributed by atoms with van der Waals surface area (Å²) in [6.07, 6.45) is 0. The summed E-state index contributed by atoms with van der Waals surface area (Å²) in [4.78, 5) is 11.4. The lowest BCUT2D eigenvalue weighted by Crippen LogP contribution is -2.12. The number of benzene rings is 1. The minimum absolute atomic E-state index is 0.167. The number of carbonyl (C=O) groups is 1. The Labute approximate surface area is 94.7 Å². The molecule has 3 heteroatoms. The molecule has 0 aromatic heterocycles. The molecule has 1 atom stereocenters. The highest BCUT2D eigenvalue weighted by Crippen LogP contribution is 2.23. The Morgan fingerprint density at radius 3 is 2.50 bits per heavy atom. The van der Waals surface area contributed by atoms with Gasteiger partial charge in [0.25, 0.3) is 0 Å². The highest BCUT2D eigenvalue weighted by molar-refractivity contribution is 5.89. The van der Waals surface area contributed by atoms with E-state index < -0.39 is 5.97 Å². The van der Waals surface area contributed by atoms with Gasteiger partial charge in [-0.15, -0.1) is 0 Å². The van der Waals surface area contributed by atoms with Crippen molar-refractivity contribution >= 4 is 5.97 Å². The lowest BCUT2D eigenvalue weighted by molar-refractivity contribution is -0.138. The van der Waals surface area contributed by atoms with E-state index in [0.29, 0.717) is 12.2 Å². The first-order valence-electron chi connectivity index (χ1n) is 5.17. The van der Waals surface area contributed by atoms with Gasteiger partial charge < -0.3 is 4.74 Å². The van der Waals surface area contributed by atoms with Crippen molar-refractivity contribution < 1.29 is 13.9 Å². The Balaban J connectivity index is 2.77. The van der Waals surface area contributed by atoms with E-state index in [4.69, 9.17) is 4.74 Å². The smallest absolute Gasteiger partial charge is 0.334 e. The molecule has 0 saturated carbocycles. The van der Waals surface area contributed by atoms with Crippen LogP contribution in [0.1, 0.15) is 25.3 Å². The van der Waals surface area contributed by atoms with Gasteiger partial charge in [0.2, 0.25) is 0 Å². The molecule has 0 amide bonds. The SMILES string of the molecule is C=C(C(=O)OCC)C(C)c1ccc(F)cc1. The zero-order chi connectivity index (χ0) is 12.1. The molecule has 0 aliphatic heterocycles. The first-order valence-corrected chi connectivity index (χ1v) is 5.17. The highest BCUT2D eigenvalue weighted by Gasteiger charge is 2.17. The lowest BCUT2D eigenvalue weighted by atomic mass is 9.94. The fourth-order valence-electron chi connectivity index (χ4n) is 1.35. The molecule has 1 aromatic rings. The second-order valence-electron chi connectivity index (χ2n) is 3.52. The number of carbonyl (C=O) groups excluding carboxylic acids is 1. The highest BCUT2D eigenvalue weighted by atomic mass is 19.1. The molecule has 2 nitrogen and oxygen atoms in total. The summed E-state index contributed by atoms with van der Waals surface area (Å²) in [5, 5.41) is 0. The van der Waals surface area contributed by atoms with Gasteiger partial charge in [0, 0.05) is 11.5 Å². The van der Waals surface area contributed by atoms with E-state index in [1.54, 1.807) is 19.1 Å². The molecule has 1 unspecified atom stereocenters. The average molecular weight is 222 g/mol. The quantitative estimate of drug-likeness (QED) is 0.578. The molecule has 0 radical (unpaired) electrons. The van der Waals surface area contributed by atoms with E-state index in [9.17, 15) is 9.18 Å². The predicted molar refractivity (Wildman–Crippen MR) is 60.6 cm³/mol. The summed E-state index contributed by atoms with van der Waals surface area (Å²) >= 11 is 0. The standard InChI is InChI=1S/C13H15FO2/c1-4-16-13(15)10(3)9(2)11-5-7-12(14)8-6-11/h5-9H,3-4H2,1-2H3. The minimum atomic E-state index is -0.403. The molecule has 16 heavy (non-hydrogen) atoms. The second kappa shape index (κ2) is 5.45. The first kappa shape index (κ1) is 12.4. The van der Waals surface area contributed by atoms with Gasteiger partial charge in [-0.05, 0) is 24.6 Å². The van der Waals surface area contributed by atoms with E-state index in [1.165, 1.54) is 12.1 Å². The molecule has 0 bridgehead atoms. The van der Waals surface area contributed by atoms with E-state index >= 15 is 0 Å². The lowest BCUT2D eigenvalue weighted by Gasteiger charge is -2.13. The van der Waals surface area contributed by atoms with Gasteiger partial charge in [-0.1, -0.05) is 25.6 Å². The van der Waals surface area contributed by atoms with Gasteiger partial charge in [-0.2, -0.15) is 0 Å². The maximum absolute atomic E-state index is 12.7. The van der Waals surface area contributed by atoms with Gasteiger partial charge in [0.1, 0.15) is 5.82 Å². The van der Waals surface area contributed by atoms with Gasteiger partial charge in [0.15, 0.2) is 0 Å². The van der Waals surface area contributed by atoms with Crippen LogP contribution < -0.4 is 0 Å². The largest absolute Gasteiger partial charge is 0.463 e. The number of hydrogen-bond donors (Lipinski definition) is 0. The molecule has 86 valence electrons. The Hall–Kier alpha value is -1.64. The minimum Gasteiger partial charge on any atom is -0.463 e. The summed E-state index contributed by atoms with van der Waals surface area (Å²) in [6.45, 7) is 7.61. The van der Waals surface area contributed by atoms with Crippen molar-refractivity contribution in [2.45, 2.75) is 19.8 Å². The molecule has 0 aliphatic carbocycles. The molecule has 0 N–H and O–H groups in total. The van der Waals surface area contributed by atoms with Crippen molar-refractivity contribution in [2.75, 3.05) is 6.61 Å². The third kappa shape index (κ3) is 2.92. The Morgan fingerprint density at radius 1 is 1.44 bits per heavy atom. The third-order valence-electron chi connectivity index (χ3n) is 2.43. The van der Waals surface area contributed by atoms with E-state index in [1.807, 2.05) is 6.92 Å². The van der Waals surface area contributed by atoms with Crippen LogP contribution in [0.4, 0.5) is 4.39 Å². The average Bonchev–Trinajstić information content (AvgIpc) is 2.28. The van der Waals surface area contributed by atoms with Gasteiger partial charge in [-0.25, -0.2) is 9.18 Å². The zero-order valence-corrected chi connectivity index (χ0v) is 9.50. The fraction of sp³-hybridized carbons (Fsp3) is 0.308. The van der Waals surface area contributed by atoms with Crippen LogP contribution in [0.5, 0.6) is 0 Å². The van der Waals surface area contributed by atoms with Gasteiger partial charge in [-0.3, -0.25) is 0 Å². The van der Waals surface area contributed by atoms with Crippen LogP contribution >= 0.6 is 0 Å². The first-order chi connectivity index (χ1) is 7.56. The molecular formula is C13H15FO2. The number of ether oxygens (including phenoxy) is 1. The summed E-state index contributed by atoms with van der Waals surface area (Å²) in [7, 11) is 0. The predicted octanol–water partition coefficient (Wildman–Crippen LogP) is 3.05. The van der Waals surface area contributed by atoms with Crippen LogP contribution in [-0.2, 0) is 9.53 Å². The van der Waals surface area contributed by atoms with Crippen molar-refractivity contribution in [3.05, 3.63) is 47.8 Å². The summed E-state index contributed by atoms with van der Waals surface area (Å²) in [6, 6.07) is 6.02. The van der Waals surface area contributed by atoms with E-state index in [0.717, 1.165) is 5.56 Å². The summed E-state index contributed by atoms with van der Waals surface area (Å²) in [5.74, 6) is -0.864. The van der Waals surface area contributed by atoms with E-state index in [-0.39, 0.29) is 11.7 Å². The third-order valence-corrected chi connectivity index (χ3v) is 2.43. The van der Waals surface area contributed by atoms with E-state index in [2.05, 4.69) is 6.58 Å². The zero-order valence-electron chi connectivity index (χ0n) is 9.50. The number of hydrogen-bond acceptors (Lipinski definition) is 2. The maximum Gasteiger partial charge on any atom is 0.334 e. The van der Waals surface area contributed by atoms with Crippen LogP contribution in [0, 0.1) is 5.82 Å². The maximum atomic E-state index is 12.7. The van der Waals surface area contributed by atoms with Crippen LogP contribution in [0.15, 0.2) is 36.4 Å². The fourth-order valence-corrected chi connectivity index (χ4v) is 1.35. The molecule has 0 aliphatic rings. The molecule has 0 fully saturated rings. The molecule has 1 aromatic carbocycles. The molecule has 0 spiro atoms. The van der Waals surface area contributed by atoms with Crippen molar-refractivity contribution in [3.8, 4) is 0 Å². The topological polar surface area (TPSA) is 26.3 Å². The van der Waals surface area contributed by atoms with Gasteiger partial charge >= 0.3 is 5.97 Å². The van der Waals surface area contributed by atoms with Gasteiger partial charge in [0.05, 0.1) is 6.61 Å². The Bertz CT molecular complexity index is 381. The van der Waals surface area contributed by atoms with Crippen LogP contribution in [0.2, 0.25) is 0 Å². The van der Waals surface area contributed by atoms with Crippen molar-refractivity contribution in [1.82, 2.24) is 0 Å². The number of rotatable bonds is 4. The Morgan fingerprint density at radius 2 is 2.00 bits per heavy atom. The van der Waals surface area contributed by atoms with Crippen molar-refractivity contribution in [3.63, 3.8) is 0 Å².